The van der Waals surface area contributed by atoms with Crippen molar-refractivity contribution in [3.63, 3.8) is 0 Å². The van der Waals surface area contributed by atoms with Crippen LogP contribution >= 0.6 is 0 Å². The summed E-state index contributed by atoms with van der Waals surface area (Å²) < 4.78 is 0. The molecule has 0 saturated carbocycles. The van der Waals surface area contributed by atoms with Gasteiger partial charge in [-0.25, -0.2) is 0 Å². The molecule has 1 heterocycles. The molecule has 1 saturated heterocycles. The fourth-order valence-electron chi connectivity index (χ4n) is 2.49. The number of carbonyl (C=O) groups excluding carboxylic acids is 2. The number of aliphatic carboxylic acids is 1. The van der Waals surface area contributed by atoms with E-state index in [2.05, 4.69) is 5.32 Å². The van der Waals surface area contributed by atoms with Crippen molar-refractivity contribution < 1.29 is 19.5 Å². The number of carboxylic acid groups (broad SMARTS) is 1. The molecule has 1 atom stereocenters. The van der Waals surface area contributed by atoms with Crippen LogP contribution in [0.25, 0.3) is 0 Å². The molecule has 0 radical (unpaired) electrons. The van der Waals surface area contributed by atoms with E-state index in [4.69, 9.17) is 5.11 Å². The lowest BCUT2D eigenvalue weighted by atomic mass is 10.2. The van der Waals surface area contributed by atoms with Crippen molar-refractivity contribution in [2.45, 2.75) is 45.7 Å². The van der Waals surface area contributed by atoms with Crippen LogP contribution in [0.3, 0.4) is 0 Å². The number of likely N-dealkylation sites (N-methyl/N-ethyl adjacent to an activating group) is 1. The van der Waals surface area contributed by atoms with Crippen LogP contribution in [0.1, 0.15) is 33.6 Å². The summed E-state index contributed by atoms with van der Waals surface area (Å²) in [7, 11) is 0. The third-order valence-corrected chi connectivity index (χ3v) is 3.51. The first-order chi connectivity index (χ1) is 9.85. The van der Waals surface area contributed by atoms with E-state index in [1.54, 1.807) is 11.8 Å². The molecule has 1 aliphatic heterocycles. The van der Waals surface area contributed by atoms with E-state index in [1.165, 1.54) is 4.90 Å². The highest BCUT2D eigenvalue weighted by atomic mass is 16.4. The number of carboxylic acids is 1. The SMILES string of the molecule is CCN(CC(=O)NC(C)C)C(=O)CN1CCCC1C(=O)O. The largest absolute Gasteiger partial charge is 0.480 e. The molecule has 1 rings (SSSR count). The quantitative estimate of drug-likeness (QED) is 0.685. The maximum Gasteiger partial charge on any atom is 0.320 e. The minimum absolute atomic E-state index is 0.0130. The van der Waals surface area contributed by atoms with Crippen LogP contribution < -0.4 is 5.32 Å². The molecule has 0 spiro atoms. The molecular formula is C14H25N3O4. The van der Waals surface area contributed by atoms with E-state index in [0.29, 0.717) is 19.5 Å². The second kappa shape index (κ2) is 7.97. The number of nitrogens with zero attached hydrogens (tertiary/aromatic N) is 2. The molecule has 0 aromatic rings. The molecule has 0 aromatic heterocycles. The number of likely N-dealkylation sites (tertiary alicyclic amines) is 1. The Hall–Kier alpha value is -1.63. The highest BCUT2D eigenvalue weighted by Crippen LogP contribution is 2.17. The van der Waals surface area contributed by atoms with Gasteiger partial charge in [-0.1, -0.05) is 0 Å². The minimum Gasteiger partial charge on any atom is -0.480 e. The van der Waals surface area contributed by atoms with Crippen molar-refractivity contribution in [2.75, 3.05) is 26.2 Å². The molecule has 0 bridgehead atoms. The lowest BCUT2D eigenvalue weighted by molar-refractivity contribution is -0.144. The Balaban J connectivity index is 2.55. The molecule has 7 nitrogen and oxygen atoms in total. The summed E-state index contributed by atoms with van der Waals surface area (Å²) >= 11 is 0. The van der Waals surface area contributed by atoms with Gasteiger partial charge in [0.2, 0.25) is 11.8 Å². The number of hydrogen-bond acceptors (Lipinski definition) is 4. The summed E-state index contributed by atoms with van der Waals surface area (Å²) in [5, 5.41) is 11.8. The second-order valence-electron chi connectivity index (χ2n) is 5.60. The van der Waals surface area contributed by atoms with Crippen LogP contribution in [-0.4, -0.2) is 71.0 Å². The molecule has 120 valence electrons. The van der Waals surface area contributed by atoms with Gasteiger partial charge in [-0.2, -0.15) is 0 Å². The van der Waals surface area contributed by atoms with Gasteiger partial charge >= 0.3 is 5.97 Å². The van der Waals surface area contributed by atoms with Crippen LogP contribution in [0.4, 0.5) is 0 Å². The fourth-order valence-corrected chi connectivity index (χ4v) is 2.49. The van der Waals surface area contributed by atoms with E-state index in [9.17, 15) is 14.4 Å². The Morgan fingerprint density at radius 1 is 1.38 bits per heavy atom. The lowest BCUT2D eigenvalue weighted by Gasteiger charge is -2.26. The standard InChI is InChI=1S/C14H25N3O4/c1-4-16(8-12(18)15-10(2)3)13(19)9-17-7-5-6-11(17)14(20)21/h10-11H,4-9H2,1-3H3,(H,15,18)(H,20,21). The summed E-state index contributed by atoms with van der Waals surface area (Å²) in [4.78, 5) is 38.2. The van der Waals surface area contributed by atoms with Crippen molar-refractivity contribution in [3.8, 4) is 0 Å². The van der Waals surface area contributed by atoms with Crippen molar-refractivity contribution >= 4 is 17.8 Å². The first kappa shape index (κ1) is 17.4. The second-order valence-corrected chi connectivity index (χ2v) is 5.60. The van der Waals surface area contributed by atoms with Crippen LogP contribution in [0, 0.1) is 0 Å². The highest BCUT2D eigenvalue weighted by molar-refractivity contribution is 5.86. The summed E-state index contributed by atoms with van der Waals surface area (Å²) in [5.74, 6) is -1.29. The van der Waals surface area contributed by atoms with Gasteiger partial charge in [0.25, 0.3) is 0 Å². The van der Waals surface area contributed by atoms with Gasteiger partial charge in [-0.15, -0.1) is 0 Å². The van der Waals surface area contributed by atoms with Gasteiger partial charge in [0, 0.05) is 12.6 Å². The van der Waals surface area contributed by atoms with Crippen molar-refractivity contribution in [2.24, 2.45) is 0 Å². The van der Waals surface area contributed by atoms with Crippen LogP contribution in [0.15, 0.2) is 0 Å². The van der Waals surface area contributed by atoms with Gasteiger partial charge < -0.3 is 15.3 Å². The molecule has 7 heteroatoms. The topological polar surface area (TPSA) is 90.0 Å². The van der Waals surface area contributed by atoms with Crippen LogP contribution in [0.2, 0.25) is 0 Å². The Bertz CT molecular complexity index is 398. The Labute approximate surface area is 125 Å². The van der Waals surface area contributed by atoms with Gasteiger partial charge in [-0.05, 0) is 40.2 Å². The number of carbonyl (C=O) groups is 3. The zero-order valence-electron chi connectivity index (χ0n) is 13.0. The van der Waals surface area contributed by atoms with E-state index < -0.39 is 12.0 Å². The van der Waals surface area contributed by atoms with Crippen LogP contribution in [0.5, 0.6) is 0 Å². The summed E-state index contributed by atoms with van der Waals surface area (Å²) in [6.07, 6.45) is 1.35. The summed E-state index contributed by atoms with van der Waals surface area (Å²) in [6.45, 7) is 6.63. The smallest absolute Gasteiger partial charge is 0.320 e. The third-order valence-electron chi connectivity index (χ3n) is 3.51. The molecule has 1 fully saturated rings. The minimum atomic E-state index is -0.888. The first-order valence-corrected chi connectivity index (χ1v) is 7.39. The van der Waals surface area contributed by atoms with Gasteiger partial charge in [-0.3, -0.25) is 19.3 Å². The summed E-state index contributed by atoms with van der Waals surface area (Å²) in [5.41, 5.74) is 0. The van der Waals surface area contributed by atoms with Crippen molar-refractivity contribution in [3.05, 3.63) is 0 Å². The average Bonchev–Trinajstić information content (AvgIpc) is 2.83. The monoisotopic (exact) mass is 299 g/mol. The van der Waals surface area contributed by atoms with E-state index in [-0.39, 0.29) is 30.9 Å². The van der Waals surface area contributed by atoms with Gasteiger partial charge in [0.15, 0.2) is 0 Å². The van der Waals surface area contributed by atoms with Gasteiger partial charge in [0.05, 0.1) is 13.1 Å². The normalized spacial score (nSPS) is 18.8. The molecule has 21 heavy (non-hydrogen) atoms. The predicted octanol–water partition coefficient (Wildman–Crippen LogP) is -0.0915. The lowest BCUT2D eigenvalue weighted by Crippen LogP contribution is -2.48. The first-order valence-electron chi connectivity index (χ1n) is 7.39. The number of amides is 2. The number of nitrogens with one attached hydrogen (secondary N) is 1. The van der Waals surface area contributed by atoms with Crippen molar-refractivity contribution in [1.29, 1.82) is 0 Å². The van der Waals surface area contributed by atoms with Gasteiger partial charge in [0.1, 0.15) is 6.04 Å². The van der Waals surface area contributed by atoms with Crippen LogP contribution in [-0.2, 0) is 14.4 Å². The Morgan fingerprint density at radius 2 is 2.05 bits per heavy atom. The predicted molar refractivity (Wildman–Crippen MR) is 77.8 cm³/mol. The molecule has 1 aliphatic rings. The molecule has 1 unspecified atom stereocenters. The highest BCUT2D eigenvalue weighted by Gasteiger charge is 2.32. The fraction of sp³-hybridized carbons (Fsp3) is 0.786. The number of rotatable bonds is 7. The molecule has 0 aromatic carbocycles. The Kier molecular flexibility index (Phi) is 6.61. The molecule has 2 N–H and O–H groups in total. The maximum absolute atomic E-state index is 12.2. The number of hydrogen-bond donors (Lipinski definition) is 2. The van der Waals surface area contributed by atoms with E-state index in [1.807, 2.05) is 13.8 Å². The Morgan fingerprint density at radius 3 is 2.57 bits per heavy atom. The molecule has 2 amide bonds. The van der Waals surface area contributed by atoms with Crippen molar-refractivity contribution in [1.82, 2.24) is 15.1 Å². The molecule has 0 aliphatic carbocycles. The van der Waals surface area contributed by atoms with E-state index >= 15 is 0 Å². The average molecular weight is 299 g/mol. The van der Waals surface area contributed by atoms with E-state index in [0.717, 1.165) is 6.42 Å². The third kappa shape index (κ3) is 5.34. The zero-order valence-corrected chi connectivity index (χ0v) is 13.0. The molecular weight excluding hydrogens is 274 g/mol. The zero-order chi connectivity index (χ0) is 16.0. The maximum atomic E-state index is 12.2. The summed E-state index contributed by atoms with van der Waals surface area (Å²) in [6, 6.07) is -0.557.